The molecule has 2 rings (SSSR count). The molecule has 6 heteroatoms. The van der Waals surface area contributed by atoms with Crippen molar-refractivity contribution in [1.82, 2.24) is 5.32 Å². The van der Waals surface area contributed by atoms with E-state index in [1.807, 2.05) is 32.0 Å². The van der Waals surface area contributed by atoms with Crippen molar-refractivity contribution in [2.45, 2.75) is 26.8 Å². The average Bonchev–Trinajstić information content (AvgIpc) is 2.87. The van der Waals surface area contributed by atoms with E-state index in [2.05, 4.69) is 10.6 Å². The standard InChI is InChI=1S/C16H17ClN2O2S/c1-9-4-5-12(8-13(9)19-11(3)20)16(21)18-10(2)14-6-7-15(17)22-14/h4-8,10H,1-3H3,(H,18,21)(H,19,20). The summed E-state index contributed by atoms with van der Waals surface area (Å²) < 4.78 is 0.694. The van der Waals surface area contributed by atoms with Crippen molar-refractivity contribution in [1.29, 1.82) is 0 Å². The summed E-state index contributed by atoms with van der Waals surface area (Å²) in [5.41, 5.74) is 2.06. The van der Waals surface area contributed by atoms with Crippen LogP contribution in [0.4, 0.5) is 5.69 Å². The van der Waals surface area contributed by atoms with Crippen molar-refractivity contribution in [3.8, 4) is 0 Å². The maximum absolute atomic E-state index is 12.3. The van der Waals surface area contributed by atoms with Gasteiger partial charge in [0.05, 0.1) is 10.4 Å². The topological polar surface area (TPSA) is 58.2 Å². The van der Waals surface area contributed by atoms with Gasteiger partial charge in [-0.3, -0.25) is 9.59 Å². The highest BCUT2D eigenvalue weighted by molar-refractivity contribution is 7.16. The Morgan fingerprint density at radius 1 is 1.23 bits per heavy atom. The smallest absolute Gasteiger partial charge is 0.251 e. The molecule has 0 aliphatic carbocycles. The first-order valence-electron chi connectivity index (χ1n) is 6.81. The van der Waals surface area contributed by atoms with Gasteiger partial charge in [0, 0.05) is 23.1 Å². The molecule has 1 unspecified atom stereocenters. The third-order valence-electron chi connectivity index (χ3n) is 3.18. The third-order valence-corrected chi connectivity index (χ3v) is 4.59. The van der Waals surface area contributed by atoms with E-state index in [-0.39, 0.29) is 17.9 Å². The lowest BCUT2D eigenvalue weighted by molar-refractivity contribution is -0.114. The quantitative estimate of drug-likeness (QED) is 0.880. The second kappa shape index (κ2) is 6.94. The van der Waals surface area contributed by atoms with E-state index in [9.17, 15) is 9.59 Å². The summed E-state index contributed by atoms with van der Waals surface area (Å²) >= 11 is 7.35. The molecule has 0 saturated carbocycles. The Hall–Kier alpha value is -1.85. The molecule has 1 heterocycles. The lowest BCUT2D eigenvalue weighted by Crippen LogP contribution is -2.26. The summed E-state index contributed by atoms with van der Waals surface area (Å²) in [5.74, 6) is -0.356. The Bertz CT molecular complexity index is 712. The number of carbonyl (C=O) groups excluding carboxylic acids is 2. The fraction of sp³-hybridized carbons (Fsp3) is 0.250. The number of amides is 2. The van der Waals surface area contributed by atoms with E-state index >= 15 is 0 Å². The summed E-state index contributed by atoms with van der Waals surface area (Å²) in [5, 5.41) is 5.65. The van der Waals surface area contributed by atoms with Crippen molar-refractivity contribution in [2.24, 2.45) is 0 Å². The second-order valence-corrected chi connectivity index (χ2v) is 6.79. The van der Waals surface area contributed by atoms with Crippen LogP contribution in [0.3, 0.4) is 0 Å². The molecule has 116 valence electrons. The van der Waals surface area contributed by atoms with Gasteiger partial charge in [-0.15, -0.1) is 11.3 Å². The van der Waals surface area contributed by atoms with Crippen LogP contribution in [0.2, 0.25) is 4.34 Å². The second-order valence-electron chi connectivity index (χ2n) is 5.05. The van der Waals surface area contributed by atoms with Gasteiger partial charge < -0.3 is 10.6 Å². The predicted octanol–water partition coefficient (Wildman–Crippen LogP) is 4.16. The largest absolute Gasteiger partial charge is 0.345 e. The zero-order valence-electron chi connectivity index (χ0n) is 12.6. The SMILES string of the molecule is CC(=O)Nc1cc(C(=O)NC(C)c2ccc(Cl)s2)ccc1C. The summed E-state index contributed by atoms with van der Waals surface area (Å²) in [6.07, 6.45) is 0. The van der Waals surface area contributed by atoms with Gasteiger partial charge in [0.2, 0.25) is 5.91 Å². The van der Waals surface area contributed by atoms with Crippen molar-refractivity contribution >= 4 is 40.4 Å². The van der Waals surface area contributed by atoms with Crippen LogP contribution in [0.5, 0.6) is 0 Å². The maximum Gasteiger partial charge on any atom is 0.251 e. The molecule has 0 saturated heterocycles. The van der Waals surface area contributed by atoms with E-state index < -0.39 is 0 Å². The van der Waals surface area contributed by atoms with Crippen molar-refractivity contribution in [3.63, 3.8) is 0 Å². The Morgan fingerprint density at radius 2 is 1.95 bits per heavy atom. The third kappa shape index (κ3) is 4.08. The number of anilines is 1. The number of rotatable bonds is 4. The highest BCUT2D eigenvalue weighted by atomic mass is 35.5. The van der Waals surface area contributed by atoms with Gasteiger partial charge in [-0.2, -0.15) is 0 Å². The Balaban J connectivity index is 2.14. The summed E-state index contributed by atoms with van der Waals surface area (Å²) in [6, 6.07) is 8.81. The molecule has 1 aromatic carbocycles. The van der Waals surface area contributed by atoms with Crippen LogP contribution >= 0.6 is 22.9 Å². The number of nitrogens with one attached hydrogen (secondary N) is 2. The number of aryl methyl sites for hydroxylation is 1. The molecule has 2 amide bonds. The number of thiophene rings is 1. The molecule has 0 fully saturated rings. The number of carbonyl (C=O) groups is 2. The van der Waals surface area contributed by atoms with Gasteiger partial charge in [-0.25, -0.2) is 0 Å². The van der Waals surface area contributed by atoms with Gasteiger partial charge in [0.1, 0.15) is 0 Å². The first kappa shape index (κ1) is 16.5. The van der Waals surface area contributed by atoms with E-state index in [0.29, 0.717) is 15.6 Å². The summed E-state index contributed by atoms with van der Waals surface area (Å²) in [4.78, 5) is 24.5. The number of hydrogen-bond donors (Lipinski definition) is 2. The zero-order valence-corrected chi connectivity index (χ0v) is 14.1. The fourth-order valence-corrected chi connectivity index (χ4v) is 3.06. The zero-order chi connectivity index (χ0) is 16.3. The minimum absolute atomic E-state index is 0.129. The maximum atomic E-state index is 12.3. The van der Waals surface area contributed by atoms with Crippen LogP contribution in [-0.4, -0.2) is 11.8 Å². The molecule has 1 aromatic heterocycles. The number of benzene rings is 1. The van der Waals surface area contributed by atoms with E-state index in [1.54, 1.807) is 12.1 Å². The lowest BCUT2D eigenvalue weighted by atomic mass is 10.1. The average molecular weight is 337 g/mol. The van der Waals surface area contributed by atoms with Crippen LogP contribution in [-0.2, 0) is 4.79 Å². The summed E-state index contributed by atoms with van der Waals surface area (Å²) in [7, 11) is 0. The molecule has 1 atom stereocenters. The minimum atomic E-state index is -0.191. The van der Waals surface area contributed by atoms with Crippen molar-refractivity contribution < 1.29 is 9.59 Å². The number of hydrogen-bond acceptors (Lipinski definition) is 3. The minimum Gasteiger partial charge on any atom is -0.345 e. The molecule has 0 bridgehead atoms. The Kier molecular flexibility index (Phi) is 5.21. The molecule has 4 nitrogen and oxygen atoms in total. The molecule has 0 radical (unpaired) electrons. The lowest BCUT2D eigenvalue weighted by Gasteiger charge is -2.14. The highest BCUT2D eigenvalue weighted by Gasteiger charge is 2.14. The Morgan fingerprint density at radius 3 is 2.55 bits per heavy atom. The van der Waals surface area contributed by atoms with E-state index in [0.717, 1.165) is 10.4 Å². The van der Waals surface area contributed by atoms with Crippen LogP contribution in [0.25, 0.3) is 0 Å². The van der Waals surface area contributed by atoms with Gasteiger partial charge >= 0.3 is 0 Å². The van der Waals surface area contributed by atoms with Crippen LogP contribution in [0.15, 0.2) is 30.3 Å². The predicted molar refractivity (Wildman–Crippen MR) is 90.7 cm³/mol. The molecule has 0 aliphatic heterocycles. The normalized spacial score (nSPS) is 11.8. The van der Waals surface area contributed by atoms with Gasteiger partial charge in [-0.1, -0.05) is 17.7 Å². The molecular weight excluding hydrogens is 320 g/mol. The molecule has 22 heavy (non-hydrogen) atoms. The molecule has 2 N–H and O–H groups in total. The molecule has 0 aliphatic rings. The first-order valence-corrected chi connectivity index (χ1v) is 8.00. The van der Waals surface area contributed by atoms with Crippen molar-refractivity contribution in [2.75, 3.05) is 5.32 Å². The van der Waals surface area contributed by atoms with Gasteiger partial charge in [-0.05, 0) is 43.7 Å². The molecule has 2 aromatic rings. The van der Waals surface area contributed by atoms with E-state index in [4.69, 9.17) is 11.6 Å². The first-order chi connectivity index (χ1) is 10.4. The van der Waals surface area contributed by atoms with Gasteiger partial charge in [0.15, 0.2) is 0 Å². The van der Waals surface area contributed by atoms with Crippen LogP contribution < -0.4 is 10.6 Å². The number of halogens is 1. The van der Waals surface area contributed by atoms with Gasteiger partial charge in [0.25, 0.3) is 5.91 Å². The van der Waals surface area contributed by atoms with E-state index in [1.165, 1.54) is 18.3 Å². The monoisotopic (exact) mass is 336 g/mol. The van der Waals surface area contributed by atoms with Crippen LogP contribution in [0, 0.1) is 6.92 Å². The van der Waals surface area contributed by atoms with Crippen molar-refractivity contribution in [3.05, 3.63) is 50.7 Å². The Labute approximate surface area is 138 Å². The molecule has 0 spiro atoms. The molecular formula is C16H17ClN2O2S. The summed E-state index contributed by atoms with van der Waals surface area (Å²) in [6.45, 7) is 5.22. The highest BCUT2D eigenvalue weighted by Crippen LogP contribution is 2.27. The van der Waals surface area contributed by atoms with Crippen LogP contribution in [0.1, 0.15) is 40.7 Å². The fourth-order valence-electron chi connectivity index (χ4n) is 2.00.